The third kappa shape index (κ3) is 1.37. The largest absolute Gasteiger partial charge is 0.303 e. The number of nitrogens with zero attached hydrogens (tertiary/aromatic N) is 2. The van der Waals surface area contributed by atoms with E-state index < -0.39 is 0 Å². The Morgan fingerprint density at radius 3 is 2.25 bits per heavy atom. The molecule has 0 amide bonds. The van der Waals surface area contributed by atoms with Gasteiger partial charge in [0.25, 0.3) is 0 Å². The van der Waals surface area contributed by atoms with E-state index in [1.807, 2.05) is 11.8 Å². The molecule has 3 nitrogen and oxygen atoms in total. The van der Waals surface area contributed by atoms with Gasteiger partial charge in [-0.3, -0.25) is 0 Å². The van der Waals surface area contributed by atoms with Gasteiger partial charge in [0, 0.05) is 25.9 Å². The van der Waals surface area contributed by atoms with Crippen LogP contribution >= 0.6 is 11.8 Å². The normalized spacial score (nSPS) is 42.0. The molecule has 0 spiro atoms. The zero-order valence-corrected chi connectivity index (χ0v) is 8.82. The van der Waals surface area contributed by atoms with E-state index >= 15 is 0 Å². The molecule has 0 aromatic rings. The molecule has 2 fully saturated rings. The second-order valence-electron chi connectivity index (χ2n) is 4.67. The lowest BCUT2D eigenvalue weighted by Crippen LogP contribution is -2.49. The highest BCUT2D eigenvalue weighted by Crippen LogP contribution is 2.46. The van der Waals surface area contributed by atoms with Crippen molar-refractivity contribution in [1.82, 2.24) is 10.0 Å². The Kier molecular flexibility index (Phi) is 1.75. The van der Waals surface area contributed by atoms with Gasteiger partial charge in [0.15, 0.2) is 0 Å². The summed E-state index contributed by atoms with van der Waals surface area (Å²) >= 11 is 1.83. The summed E-state index contributed by atoms with van der Waals surface area (Å²) in [7, 11) is 2.13. The molecule has 70 valence electrons. The fourth-order valence-corrected chi connectivity index (χ4v) is 2.58. The molecule has 2 aliphatic heterocycles. The summed E-state index contributed by atoms with van der Waals surface area (Å²) in [6.07, 6.45) is 0. The van der Waals surface area contributed by atoms with Gasteiger partial charge in [0.1, 0.15) is 4.99 Å². The SMILES string of the molecule is CN1CC(C)(C)CN1C1(N)CS1. The van der Waals surface area contributed by atoms with E-state index in [9.17, 15) is 0 Å². The molecule has 2 heterocycles. The van der Waals surface area contributed by atoms with E-state index in [1.165, 1.54) is 0 Å². The van der Waals surface area contributed by atoms with Gasteiger partial charge in [-0.2, -0.15) is 0 Å². The van der Waals surface area contributed by atoms with Crippen LogP contribution in [0.4, 0.5) is 0 Å². The number of hydrogen-bond acceptors (Lipinski definition) is 4. The molecule has 2 rings (SSSR count). The molecule has 0 aromatic carbocycles. The highest BCUT2D eigenvalue weighted by molar-refractivity contribution is 8.07. The number of rotatable bonds is 1. The summed E-state index contributed by atoms with van der Waals surface area (Å²) < 4.78 is 0. The highest BCUT2D eigenvalue weighted by atomic mass is 32.2. The van der Waals surface area contributed by atoms with Crippen LogP contribution in [0.15, 0.2) is 0 Å². The van der Waals surface area contributed by atoms with Crippen molar-refractivity contribution < 1.29 is 0 Å². The topological polar surface area (TPSA) is 32.5 Å². The quantitative estimate of drug-likeness (QED) is 0.607. The van der Waals surface area contributed by atoms with Crippen LogP contribution in [0.5, 0.6) is 0 Å². The van der Waals surface area contributed by atoms with Crippen molar-refractivity contribution in [3.8, 4) is 0 Å². The van der Waals surface area contributed by atoms with Crippen LogP contribution < -0.4 is 5.73 Å². The summed E-state index contributed by atoms with van der Waals surface area (Å²) in [5.74, 6) is 1.08. The van der Waals surface area contributed by atoms with E-state index in [0.717, 1.165) is 18.8 Å². The van der Waals surface area contributed by atoms with E-state index in [-0.39, 0.29) is 4.99 Å². The van der Waals surface area contributed by atoms with Crippen molar-refractivity contribution in [2.75, 3.05) is 25.9 Å². The van der Waals surface area contributed by atoms with Crippen LogP contribution in [0.25, 0.3) is 0 Å². The standard InChI is InChI=1S/C8H17N3S/c1-7(2)4-10(3)11(5-7)8(9)6-12-8/h4-6,9H2,1-3H3. The predicted octanol–water partition coefficient (Wildman–Crippen LogP) is 0.534. The molecule has 0 saturated carbocycles. The van der Waals surface area contributed by atoms with E-state index in [1.54, 1.807) is 0 Å². The highest BCUT2D eigenvalue weighted by Gasteiger charge is 2.52. The maximum absolute atomic E-state index is 6.11. The molecule has 12 heavy (non-hydrogen) atoms. The Morgan fingerprint density at radius 1 is 1.33 bits per heavy atom. The number of hydrogen-bond donors (Lipinski definition) is 1. The Morgan fingerprint density at radius 2 is 1.92 bits per heavy atom. The van der Waals surface area contributed by atoms with Crippen molar-refractivity contribution in [2.45, 2.75) is 18.8 Å². The van der Waals surface area contributed by atoms with Crippen molar-refractivity contribution in [2.24, 2.45) is 11.1 Å². The molecule has 1 unspecified atom stereocenters. The van der Waals surface area contributed by atoms with Gasteiger partial charge in [-0.1, -0.05) is 13.8 Å². The van der Waals surface area contributed by atoms with Crippen LogP contribution in [-0.2, 0) is 0 Å². The summed E-state index contributed by atoms with van der Waals surface area (Å²) in [4.78, 5) is -0.0669. The molecular formula is C8H17N3S. The number of nitrogens with two attached hydrogens (primary N) is 1. The maximum Gasteiger partial charge on any atom is 0.139 e. The Labute approximate surface area is 78.2 Å². The molecule has 0 radical (unpaired) electrons. The van der Waals surface area contributed by atoms with E-state index in [4.69, 9.17) is 5.73 Å². The maximum atomic E-state index is 6.11. The lowest BCUT2D eigenvalue weighted by Gasteiger charge is -2.28. The van der Waals surface area contributed by atoms with Crippen molar-refractivity contribution in [1.29, 1.82) is 0 Å². The monoisotopic (exact) mass is 187 g/mol. The fraction of sp³-hybridized carbons (Fsp3) is 1.00. The minimum absolute atomic E-state index is 0.0669. The minimum atomic E-state index is -0.0669. The van der Waals surface area contributed by atoms with Gasteiger partial charge >= 0.3 is 0 Å². The van der Waals surface area contributed by atoms with Gasteiger partial charge in [-0.25, -0.2) is 10.0 Å². The second kappa shape index (κ2) is 2.38. The van der Waals surface area contributed by atoms with Gasteiger partial charge in [-0.05, 0) is 5.41 Å². The summed E-state index contributed by atoms with van der Waals surface area (Å²) in [6, 6.07) is 0. The summed E-state index contributed by atoms with van der Waals surface area (Å²) in [5.41, 5.74) is 6.50. The first kappa shape index (κ1) is 8.81. The van der Waals surface area contributed by atoms with Crippen LogP contribution in [-0.4, -0.2) is 40.9 Å². The molecule has 0 bridgehead atoms. The van der Waals surface area contributed by atoms with Gasteiger partial charge in [-0.15, -0.1) is 11.8 Å². The summed E-state index contributed by atoms with van der Waals surface area (Å²) in [5, 5.41) is 4.57. The van der Waals surface area contributed by atoms with Crippen molar-refractivity contribution >= 4 is 11.8 Å². The smallest absolute Gasteiger partial charge is 0.139 e. The third-order valence-electron chi connectivity index (χ3n) is 2.52. The van der Waals surface area contributed by atoms with Gasteiger partial charge < -0.3 is 5.73 Å². The molecule has 4 heteroatoms. The first-order valence-corrected chi connectivity index (χ1v) is 5.33. The van der Waals surface area contributed by atoms with E-state index in [2.05, 4.69) is 30.9 Å². The molecular weight excluding hydrogens is 170 g/mol. The molecule has 2 N–H and O–H groups in total. The fourth-order valence-electron chi connectivity index (χ4n) is 1.93. The average Bonchev–Trinajstić information content (AvgIpc) is 2.56. The van der Waals surface area contributed by atoms with Crippen LogP contribution in [0, 0.1) is 5.41 Å². The Hall–Kier alpha value is 0.230. The zero-order chi connectivity index (χ0) is 8.98. The summed E-state index contributed by atoms with van der Waals surface area (Å²) in [6.45, 7) is 6.79. The van der Waals surface area contributed by atoms with Gasteiger partial charge in [0.2, 0.25) is 0 Å². The first-order chi connectivity index (χ1) is 5.43. The number of hydrazine groups is 1. The van der Waals surface area contributed by atoms with Crippen LogP contribution in [0.1, 0.15) is 13.8 Å². The van der Waals surface area contributed by atoms with Crippen LogP contribution in [0.3, 0.4) is 0 Å². The molecule has 1 atom stereocenters. The lowest BCUT2D eigenvalue weighted by molar-refractivity contribution is 0.0171. The van der Waals surface area contributed by atoms with Crippen LogP contribution in [0.2, 0.25) is 0 Å². The Balaban J connectivity index is 2.09. The lowest BCUT2D eigenvalue weighted by atomic mass is 9.95. The minimum Gasteiger partial charge on any atom is -0.303 e. The second-order valence-corrected chi connectivity index (χ2v) is 5.96. The van der Waals surface area contributed by atoms with Crippen molar-refractivity contribution in [3.63, 3.8) is 0 Å². The molecule has 0 aromatic heterocycles. The molecule has 2 saturated heterocycles. The van der Waals surface area contributed by atoms with Crippen molar-refractivity contribution in [3.05, 3.63) is 0 Å². The molecule has 0 aliphatic carbocycles. The third-order valence-corrected chi connectivity index (χ3v) is 3.61. The zero-order valence-electron chi connectivity index (χ0n) is 8.00. The number of thioether (sulfide) groups is 1. The molecule has 2 aliphatic rings. The van der Waals surface area contributed by atoms with Gasteiger partial charge in [0.05, 0.1) is 0 Å². The Bertz CT molecular complexity index is 200. The van der Waals surface area contributed by atoms with E-state index in [0.29, 0.717) is 5.41 Å². The first-order valence-electron chi connectivity index (χ1n) is 4.35. The average molecular weight is 187 g/mol. The predicted molar refractivity (Wildman–Crippen MR) is 52.5 cm³/mol.